The number of methoxy groups -OCH3 is 1. The average Bonchev–Trinajstić information content (AvgIpc) is 3.03. The van der Waals surface area contributed by atoms with Crippen molar-refractivity contribution in [2.24, 2.45) is 0 Å². The van der Waals surface area contributed by atoms with Crippen molar-refractivity contribution in [1.82, 2.24) is 5.32 Å². The smallest absolute Gasteiger partial charge is 0.323 e. The van der Waals surface area contributed by atoms with E-state index in [1.54, 1.807) is 37.4 Å². The maximum absolute atomic E-state index is 13.7. The average molecular weight is 619 g/mol. The Labute approximate surface area is 261 Å². The molecule has 0 spiro atoms. The highest BCUT2D eigenvalue weighted by molar-refractivity contribution is 6.42. The topological polar surface area (TPSA) is 85.9 Å². The number of hydrogen-bond acceptors (Lipinski definition) is 5. The largest absolute Gasteiger partial charge is 0.495 e. The SMILES string of the molecule is COc1ccccc1N1CCN(c2ccc(NC(=O)Nc3ccc(Cl)c(Cl)c3)cc2C(=O)NC(C)c2ccccc2)CC1. The van der Waals surface area contributed by atoms with Crippen molar-refractivity contribution < 1.29 is 14.3 Å². The third-order valence-corrected chi connectivity index (χ3v) is 8.11. The molecule has 3 amide bonds. The lowest BCUT2D eigenvalue weighted by Crippen LogP contribution is -2.47. The summed E-state index contributed by atoms with van der Waals surface area (Å²) in [4.78, 5) is 31.0. The minimum absolute atomic E-state index is 0.210. The van der Waals surface area contributed by atoms with Gasteiger partial charge in [0.25, 0.3) is 5.91 Å². The van der Waals surface area contributed by atoms with Gasteiger partial charge in [-0.05, 0) is 61.0 Å². The molecule has 1 unspecified atom stereocenters. The van der Waals surface area contributed by atoms with Crippen LogP contribution in [0.15, 0.2) is 91.0 Å². The Hall–Kier alpha value is -4.40. The van der Waals surface area contributed by atoms with E-state index in [9.17, 15) is 9.59 Å². The Kier molecular flexibility index (Phi) is 9.59. The normalized spacial score (nSPS) is 13.7. The zero-order chi connectivity index (χ0) is 30.3. The van der Waals surface area contributed by atoms with Gasteiger partial charge >= 0.3 is 6.03 Å². The molecule has 0 saturated carbocycles. The Morgan fingerprint density at radius 3 is 2.02 bits per heavy atom. The molecule has 8 nitrogen and oxygen atoms in total. The maximum atomic E-state index is 13.7. The highest BCUT2D eigenvalue weighted by Gasteiger charge is 2.24. The molecule has 1 heterocycles. The highest BCUT2D eigenvalue weighted by atomic mass is 35.5. The standard InChI is InChI=1S/C33H33Cl2N5O3/c1-22(23-8-4-3-5-9-23)36-32(41)26-20-24(37-33(42)38-25-12-14-27(34)28(35)21-25)13-15-29(26)39-16-18-40(19-17-39)30-10-6-7-11-31(30)43-2/h3-15,20-22H,16-19H2,1-2H3,(H,36,41)(H2,37,38,42). The van der Waals surface area contributed by atoms with Gasteiger partial charge < -0.3 is 30.5 Å². The molecular formula is C33H33Cl2N5O3. The van der Waals surface area contributed by atoms with Crippen molar-refractivity contribution in [1.29, 1.82) is 0 Å². The van der Waals surface area contributed by atoms with E-state index in [4.69, 9.17) is 27.9 Å². The van der Waals surface area contributed by atoms with Crippen LogP contribution < -0.4 is 30.5 Å². The molecule has 222 valence electrons. The summed E-state index contributed by atoms with van der Waals surface area (Å²) >= 11 is 12.1. The van der Waals surface area contributed by atoms with Gasteiger partial charge in [0.2, 0.25) is 0 Å². The Bertz CT molecular complexity index is 1590. The first kappa shape index (κ1) is 30.1. The Morgan fingerprint density at radius 2 is 1.35 bits per heavy atom. The minimum Gasteiger partial charge on any atom is -0.495 e. The number of urea groups is 1. The number of carbonyl (C=O) groups is 2. The van der Waals surface area contributed by atoms with E-state index in [1.807, 2.05) is 61.5 Å². The van der Waals surface area contributed by atoms with Crippen LogP contribution in [-0.2, 0) is 0 Å². The number of para-hydroxylation sites is 2. The maximum Gasteiger partial charge on any atom is 0.323 e. The second-order valence-electron chi connectivity index (χ2n) is 10.2. The van der Waals surface area contributed by atoms with Crippen LogP contribution in [0.5, 0.6) is 5.75 Å². The van der Waals surface area contributed by atoms with Crippen molar-refractivity contribution in [2.45, 2.75) is 13.0 Å². The second-order valence-corrected chi connectivity index (χ2v) is 11.0. The molecule has 4 aromatic carbocycles. The van der Waals surface area contributed by atoms with Crippen LogP contribution in [0.25, 0.3) is 0 Å². The van der Waals surface area contributed by atoms with Gasteiger partial charge in [-0.1, -0.05) is 65.7 Å². The number of rotatable bonds is 8. The molecule has 0 aliphatic carbocycles. The zero-order valence-electron chi connectivity index (χ0n) is 23.9. The van der Waals surface area contributed by atoms with E-state index in [0.717, 1.165) is 35.8 Å². The molecule has 1 aliphatic heterocycles. The molecule has 3 N–H and O–H groups in total. The van der Waals surface area contributed by atoms with Gasteiger partial charge in [-0.3, -0.25) is 4.79 Å². The van der Waals surface area contributed by atoms with E-state index in [-0.39, 0.29) is 11.9 Å². The monoisotopic (exact) mass is 617 g/mol. The molecule has 1 saturated heterocycles. The van der Waals surface area contributed by atoms with Gasteiger partial charge in [0.05, 0.1) is 34.4 Å². The Balaban J connectivity index is 1.36. The fraction of sp³-hybridized carbons (Fsp3) is 0.212. The number of benzene rings is 4. The van der Waals surface area contributed by atoms with Gasteiger partial charge in [-0.2, -0.15) is 0 Å². The summed E-state index contributed by atoms with van der Waals surface area (Å²) in [5, 5.41) is 9.43. The fourth-order valence-electron chi connectivity index (χ4n) is 5.12. The number of amides is 3. The number of nitrogens with one attached hydrogen (secondary N) is 3. The summed E-state index contributed by atoms with van der Waals surface area (Å²) < 4.78 is 5.57. The molecule has 43 heavy (non-hydrogen) atoms. The lowest BCUT2D eigenvalue weighted by atomic mass is 10.1. The summed E-state index contributed by atoms with van der Waals surface area (Å²) in [6, 6.07) is 27.3. The first-order valence-corrected chi connectivity index (χ1v) is 14.7. The van der Waals surface area contributed by atoms with Crippen LogP contribution in [0, 0.1) is 0 Å². The van der Waals surface area contributed by atoms with Gasteiger partial charge in [0.15, 0.2) is 0 Å². The number of hydrogen-bond donors (Lipinski definition) is 3. The third-order valence-electron chi connectivity index (χ3n) is 7.37. The van der Waals surface area contributed by atoms with Crippen LogP contribution in [0.4, 0.5) is 27.5 Å². The van der Waals surface area contributed by atoms with E-state index in [0.29, 0.717) is 40.1 Å². The summed E-state index contributed by atoms with van der Waals surface area (Å²) in [6.45, 7) is 4.88. The molecule has 1 aliphatic rings. The van der Waals surface area contributed by atoms with Gasteiger partial charge in [0, 0.05) is 43.2 Å². The molecule has 4 aromatic rings. The van der Waals surface area contributed by atoms with E-state index in [1.165, 1.54) is 0 Å². The van der Waals surface area contributed by atoms with Crippen molar-refractivity contribution in [2.75, 3.05) is 53.7 Å². The molecule has 0 radical (unpaired) electrons. The van der Waals surface area contributed by atoms with Crippen LogP contribution >= 0.6 is 23.2 Å². The lowest BCUT2D eigenvalue weighted by Gasteiger charge is -2.38. The van der Waals surface area contributed by atoms with Crippen LogP contribution in [0.2, 0.25) is 10.0 Å². The first-order valence-electron chi connectivity index (χ1n) is 14.0. The summed E-state index contributed by atoms with van der Waals surface area (Å²) in [6.07, 6.45) is 0. The number of halogens is 2. The Morgan fingerprint density at radius 1 is 0.744 bits per heavy atom. The van der Waals surface area contributed by atoms with Crippen molar-refractivity contribution in [3.8, 4) is 5.75 Å². The first-order chi connectivity index (χ1) is 20.8. The van der Waals surface area contributed by atoms with E-state index < -0.39 is 6.03 Å². The number of ether oxygens (including phenoxy) is 1. The van der Waals surface area contributed by atoms with Crippen molar-refractivity contribution in [3.63, 3.8) is 0 Å². The molecule has 1 fully saturated rings. The van der Waals surface area contributed by atoms with Crippen LogP contribution in [0.1, 0.15) is 28.9 Å². The molecular weight excluding hydrogens is 585 g/mol. The fourth-order valence-corrected chi connectivity index (χ4v) is 5.42. The summed E-state index contributed by atoms with van der Waals surface area (Å²) in [5.41, 5.74) is 4.29. The van der Waals surface area contributed by atoms with Crippen LogP contribution in [-0.4, -0.2) is 45.2 Å². The number of piperazine rings is 1. The molecule has 0 aromatic heterocycles. The number of anilines is 4. The minimum atomic E-state index is -0.472. The number of carbonyl (C=O) groups excluding carboxylic acids is 2. The quantitative estimate of drug-likeness (QED) is 0.191. The van der Waals surface area contributed by atoms with Gasteiger partial charge in [-0.15, -0.1) is 0 Å². The molecule has 10 heteroatoms. The lowest BCUT2D eigenvalue weighted by molar-refractivity contribution is 0.0940. The van der Waals surface area contributed by atoms with E-state index >= 15 is 0 Å². The third kappa shape index (κ3) is 7.34. The second kappa shape index (κ2) is 13.7. The zero-order valence-corrected chi connectivity index (χ0v) is 25.5. The number of nitrogens with zero attached hydrogens (tertiary/aromatic N) is 2. The molecule has 1 atom stereocenters. The summed E-state index contributed by atoms with van der Waals surface area (Å²) in [7, 11) is 1.68. The predicted molar refractivity (Wildman–Crippen MR) is 175 cm³/mol. The molecule has 0 bridgehead atoms. The van der Waals surface area contributed by atoms with Crippen molar-refractivity contribution in [3.05, 3.63) is 112 Å². The summed E-state index contributed by atoms with van der Waals surface area (Å²) in [5.74, 6) is 0.604. The van der Waals surface area contributed by atoms with Gasteiger partial charge in [0.1, 0.15) is 5.75 Å². The van der Waals surface area contributed by atoms with E-state index in [2.05, 4.69) is 31.8 Å². The predicted octanol–water partition coefficient (Wildman–Crippen LogP) is 7.46. The van der Waals surface area contributed by atoms with Crippen molar-refractivity contribution >= 4 is 57.9 Å². The van der Waals surface area contributed by atoms with Crippen LogP contribution in [0.3, 0.4) is 0 Å². The highest BCUT2D eigenvalue weighted by Crippen LogP contribution is 2.31. The van der Waals surface area contributed by atoms with Gasteiger partial charge in [-0.25, -0.2) is 4.79 Å². The molecule has 5 rings (SSSR count).